The summed E-state index contributed by atoms with van der Waals surface area (Å²) in [5.41, 5.74) is 1.41. The fourth-order valence-corrected chi connectivity index (χ4v) is 4.61. The van der Waals surface area contributed by atoms with Crippen LogP contribution in [0.15, 0.2) is 12.1 Å². The molecule has 0 radical (unpaired) electrons. The van der Waals surface area contributed by atoms with Gasteiger partial charge in [-0.3, -0.25) is 4.90 Å². The Labute approximate surface area is 169 Å². The molecule has 0 atom stereocenters. The van der Waals surface area contributed by atoms with E-state index < -0.39 is 0 Å². The normalized spacial score (nSPS) is 20.0. The van der Waals surface area contributed by atoms with Crippen LogP contribution in [0, 0.1) is 0 Å². The third-order valence-electron chi connectivity index (χ3n) is 6.06. The van der Waals surface area contributed by atoms with Crippen molar-refractivity contribution >= 4 is 0 Å². The largest absolute Gasteiger partial charge is 0.493 e. The molecule has 0 amide bonds. The summed E-state index contributed by atoms with van der Waals surface area (Å²) >= 11 is 0. The minimum absolute atomic E-state index is 0.265. The number of nitrogens with zero attached hydrogens (tertiary/aromatic N) is 1. The molecule has 1 N–H and O–H groups in total. The van der Waals surface area contributed by atoms with E-state index in [1.807, 2.05) is 19.1 Å². The van der Waals surface area contributed by atoms with Crippen LogP contribution in [0.3, 0.4) is 0 Å². The highest BCUT2D eigenvalue weighted by Gasteiger charge is 2.38. The highest BCUT2D eigenvalue weighted by atomic mass is 16.5. The standard InChI is InChI=1S/C22H36N2O4/c1-4-28-21-19(25-2)14-18(15-20(21)26-3)16-23-17-22(8-6-5-7-9-22)24-10-12-27-13-11-24/h14-15,23H,4-13,16-17H2,1-3H3. The van der Waals surface area contributed by atoms with Crippen molar-refractivity contribution in [2.45, 2.75) is 51.1 Å². The van der Waals surface area contributed by atoms with E-state index in [0.717, 1.165) is 56.5 Å². The molecule has 0 bridgehead atoms. The molecule has 1 aromatic carbocycles. The first-order valence-corrected chi connectivity index (χ1v) is 10.6. The zero-order chi connectivity index (χ0) is 19.8. The van der Waals surface area contributed by atoms with Gasteiger partial charge in [0.2, 0.25) is 5.75 Å². The van der Waals surface area contributed by atoms with E-state index in [2.05, 4.69) is 10.2 Å². The molecule has 1 saturated carbocycles. The minimum atomic E-state index is 0.265. The minimum Gasteiger partial charge on any atom is -0.493 e. The van der Waals surface area contributed by atoms with Gasteiger partial charge in [0.15, 0.2) is 11.5 Å². The van der Waals surface area contributed by atoms with Crippen LogP contribution in [-0.2, 0) is 11.3 Å². The van der Waals surface area contributed by atoms with E-state index in [4.69, 9.17) is 18.9 Å². The number of rotatable bonds is 9. The summed E-state index contributed by atoms with van der Waals surface area (Å²) in [7, 11) is 3.34. The van der Waals surface area contributed by atoms with Gasteiger partial charge in [0.25, 0.3) is 0 Å². The summed E-state index contributed by atoms with van der Waals surface area (Å²) in [6.45, 7) is 8.13. The zero-order valence-corrected chi connectivity index (χ0v) is 17.7. The second-order valence-electron chi connectivity index (χ2n) is 7.75. The van der Waals surface area contributed by atoms with Gasteiger partial charge >= 0.3 is 0 Å². The molecular formula is C22H36N2O4. The van der Waals surface area contributed by atoms with Crippen molar-refractivity contribution in [3.63, 3.8) is 0 Å². The van der Waals surface area contributed by atoms with Crippen molar-refractivity contribution in [3.8, 4) is 17.2 Å². The number of hydrogen-bond donors (Lipinski definition) is 1. The molecule has 158 valence electrons. The Hall–Kier alpha value is -1.50. The molecule has 1 aliphatic carbocycles. The highest BCUT2D eigenvalue weighted by molar-refractivity contribution is 5.53. The number of methoxy groups -OCH3 is 2. The van der Waals surface area contributed by atoms with E-state index in [9.17, 15) is 0 Å². The maximum atomic E-state index is 5.71. The number of benzene rings is 1. The summed E-state index contributed by atoms with van der Waals surface area (Å²) in [5, 5.41) is 3.73. The monoisotopic (exact) mass is 392 g/mol. The molecule has 28 heavy (non-hydrogen) atoms. The van der Waals surface area contributed by atoms with Crippen LogP contribution in [0.2, 0.25) is 0 Å². The van der Waals surface area contributed by atoms with Gasteiger partial charge in [0, 0.05) is 31.7 Å². The second kappa shape index (κ2) is 10.3. The van der Waals surface area contributed by atoms with Gasteiger partial charge < -0.3 is 24.3 Å². The van der Waals surface area contributed by atoms with Crippen molar-refractivity contribution in [1.82, 2.24) is 10.2 Å². The first-order valence-electron chi connectivity index (χ1n) is 10.6. The lowest BCUT2D eigenvalue weighted by Crippen LogP contribution is -2.59. The van der Waals surface area contributed by atoms with Gasteiger partial charge in [-0.05, 0) is 37.5 Å². The van der Waals surface area contributed by atoms with Gasteiger partial charge in [-0.2, -0.15) is 0 Å². The fourth-order valence-electron chi connectivity index (χ4n) is 4.61. The predicted molar refractivity (Wildman–Crippen MR) is 111 cm³/mol. The third-order valence-corrected chi connectivity index (χ3v) is 6.06. The lowest BCUT2D eigenvalue weighted by molar-refractivity contribution is -0.0369. The van der Waals surface area contributed by atoms with Gasteiger partial charge in [0.1, 0.15) is 0 Å². The zero-order valence-electron chi connectivity index (χ0n) is 17.7. The molecule has 6 nitrogen and oxygen atoms in total. The Bertz CT molecular complexity index is 586. The molecule has 1 heterocycles. The van der Waals surface area contributed by atoms with Crippen LogP contribution < -0.4 is 19.5 Å². The van der Waals surface area contributed by atoms with Crippen LogP contribution in [-0.4, -0.2) is 64.1 Å². The van der Waals surface area contributed by atoms with Gasteiger partial charge in [0.05, 0.1) is 34.0 Å². The quantitative estimate of drug-likeness (QED) is 0.696. The second-order valence-corrected chi connectivity index (χ2v) is 7.75. The number of nitrogens with one attached hydrogen (secondary N) is 1. The number of morpholine rings is 1. The van der Waals surface area contributed by atoms with Crippen LogP contribution in [0.1, 0.15) is 44.6 Å². The Morgan fingerprint density at radius 3 is 2.25 bits per heavy atom. The predicted octanol–water partition coefficient (Wildman–Crippen LogP) is 3.23. The molecule has 0 spiro atoms. The summed E-state index contributed by atoms with van der Waals surface area (Å²) in [5.74, 6) is 2.12. The van der Waals surface area contributed by atoms with Crippen molar-refractivity contribution in [1.29, 1.82) is 0 Å². The van der Waals surface area contributed by atoms with Gasteiger partial charge in [-0.15, -0.1) is 0 Å². The summed E-state index contributed by atoms with van der Waals surface area (Å²) in [6, 6.07) is 4.09. The molecule has 0 unspecified atom stereocenters. The van der Waals surface area contributed by atoms with Crippen LogP contribution in [0.4, 0.5) is 0 Å². The third kappa shape index (κ3) is 4.91. The summed E-state index contributed by atoms with van der Waals surface area (Å²) in [6.07, 6.45) is 6.55. The van der Waals surface area contributed by atoms with Crippen molar-refractivity contribution in [3.05, 3.63) is 17.7 Å². The summed E-state index contributed by atoms with van der Waals surface area (Å²) in [4.78, 5) is 2.67. The van der Waals surface area contributed by atoms with Crippen LogP contribution >= 0.6 is 0 Å². The number of hydrogen-bond acceptors (Lipinski definition) is 6. The Kier molecular flexibility index (Phi) is 7.82. The maximum absolute atomic E-state index is 5.71. The SMILES string of the molecule is CCOc1c(OC)cc(CNCC2(N3CCOCC3)CCCCC2)cc1OC. The maximum Gasteiger partial charge on any atom is 0.203 e. The van der Waals surface area contributed by atoms with E-state index in [0.29, 0.717) is 12.4 Å². The average molecular weight is 393 g/mol. The Morgan fingerprint density at radius 1 is 1.04 bits per heavy atom. The van der Waals surface area contributed by atoms with Gasteiger partial charge in [-0.25, -0.2) is 0 Å². The fraction of sp³-hybridized carbons (Fsp3) is 0.727. The molecule has 1 saturated heterocycles. The van der Waals surface area contributed by atoms with E-state index in [-0.39, 0.29) is 5.54 Å². The van der Waals surface area contributed by atoms with Crippen molar-refractivity contribution in [2.24, 2.45) is 0 Å². The number of ether oxygens (including phenoxy) is 4. The van der Waals surface area contributed by atoms with E-state index in [1.54, 1.807) is 14.2 Å². The topological polar surface area (TPSA) is 52.2 Å². The smallest absolute Gasteiger partial charge is 0.203 e. The van der Waals surface area contributed by atoms with E-state index >= 15 is 0 Å². The first kappa shape index (κ1) is 21.2. The Morgan fingerprint density at radius 2 is 1.68 bits per heavy atom. The lowest BCUT2D eigenvalue weighted by Gasteiger charge is -2.48. The molecule has 1 aromatic rings. The Balaban J connectivity index is 1.68. The molecule has 6 heteroatoms. The molecule has 2 fully saturated rings. The van der Waals surface area contributed by atoms with Crippen LogP contribution in [0.25, 0.3) is 0 Å². The van der Waals surface area contributed by atoms with Crippen molar-refractivity contribution in [2.75, 3.05) is 53.7 Å². The molecular weight excluding hydrogens is 356 g/mol. The lowest BCUT2D eigenvalue weighted by atomic mass is 9.79. The molecule has 3 rings (SSSR count). The van der Waals surface area contributed by atoms with Gasteiger partial charge in [-0.1, -0.05) is 19.3 Å². The molecule has 1 aliphatic heterocycles. The highest BCUT2D eigenvalue weighted by Crippen LogP contribution is 2.39. The van der Waals surface area contributed by atoms with Crippen molar-refractivity contribution < 1.29 is 18.9 Å². The first-order chi connectivity index (χ1) is 13.7. The molecule has 2 aliphatic rings. The average Bonchev–Trinajstić information content (AvgIpc) is 2.75. The van der Waals surface area contributed by atoms with Crippen LogP contribution in [0.5, 0.6) is 17.2 Å². The molecule has 0 aromatic heterocycles. The van der Waals surface area contributed by atoms with E-state index in [1.165, 1.54) is 32.1 Å². The summed E-state index contributed by atoms with van der Waals surface area (Å²) < 4.78 is 22.4.